The molecule has 176 valence electrons. The lowest BCUT2D eigenvalue weighted by Gasteiger charge is -2.41. The van der Waals surface area contributed by atoms with Gasteiger partial charge in [0.05, 0.1) is 23.0 Å². The number of benzene rings is 2. The molecule has 0 N–H and O–H groups in total. The number of carbonyl (C=O) groups is 1. The monoisotopic (exact) mass is 580 g/mol. The molecule has 34 heavy (non-hydrogen) atoms. The van der Waals surface area contributed by atoms with Crippen LogP contribution in [0.25, 0.3) is 0 Å². The molecular weight excluding hydrogens is 563 g/mol. The summed E-state index contributed by atoms with van der Waals surface area (Å²) in [7, 11) is -3.49. The molecule has 10 heteroatoms. The summed E-state index contributed by atoms with van der Waals surface area (Å²) in [4.78, 5) is 19.7. The van der Waals surface area contributed by atoms with Gasteiger partial charge in [-0.1, -0.05) is 57.3 Å². The topological polar surface area (TPSA) is 76.6 Å². The standard InChI is InChI=1S/C24H19BrCl2N2O4S/c25-16-5-10-21-20(12-16)23(30)29(14-19-9-8-18(27)13-28-19)24(21,15-3-6-17(26)7-4-15)33-22-2-1-11-34(22,31)32/h3-10,12-13,22H,1-2,11,14H2. The third-order valence-corrected chi connectivity index (χ3v) is 9.08. The van der Waals surface area contributed by atoms with E-state index in [0.717, 1.165) is 4.47 Å². The van der Waals surface area contributed by atoms with Crippen LogP contribution >= 0.6 is 39.1 Å². The Morgan fingerprint density at radius 2 is 1.82 bits per heavy atom. The van der Waals surface area contributed by atoms with E-state index < -0.39 is 21.0 Å². The van der Waals surface area contributed by atoms with Crippen LogP contribution in [0.1, 0.15) is 40.0 Å². The smallest absolute Gasteiger partial charge is 0.257 e. The summed E-state index contributed by atoms with van der Waals surface area (Å²) in [5.41, 5.74) is -0.358. The van der Waals surface area contributed by atoms with Crippen molar-refractivity contribution in [2.75, 3.05) is 5.75 Å². The highest BCUT2D eigenvalue weighted by atomic mass is 79.9. The average molecular weight is 582 g/mol. The zero-order valence-electron chi connectivity index (χ0n) is 17.7. The van der Waals surface area contributed by atoms with Gasteiger partial charge in [-0.2, -0.15) is 0 Å². The molecule has 1 amide bonds. The molecular formula is C24H19BrCl2N2O4S. The van der Waals surface area contributed by atoms with Gasteiger partial charge in [0.1, 0.15) is 0 Å². The maximum atomic E-state index is 13.8. The van der Waals surface area contributed by atoms with Crippen molar-refractivity contribution in [3.63, 3.8) is 0 Å². The maximum absolute atomic E-state index is 13.8. The molecule has 0 radical (unpaired) electrons. The van der Waals surface area contributed by atoms with Gasteiger partial charge in [0.2, 0.25) is 0 Å². The van der Waals surface area contributed by atoms with Crippen molar-refractivity contribution in [1.29, 1.82) is 0 Å². The van der Waals surface area contributed by atoms with Gasteiger partial charge >= 0.3 is 0 Å². The molecule has 2 aromatic carbocycles. The SMILES string of the molecule is O=C1c2cc(Br)ccc2C(OC2CCCS2(=O)=O)(c2ccc(Cl)cc2)N1Cc1ccc(Cl)cn1. The lowest BCUT2D eigenvalue weighted by Crippen LogP contribution is -2.49. The highest BCUT2D eigenvalue weighted by molar-refractivity contribution is 9.10. The third kappa shape index (κ3) is 4.05. The van der Waals surface area contributed by atoms with E-state index in [1.807, 2.05) is 6.07 Å². The van der Waals surface area contributed by atoms with Gasteiger partial charge < -0.3 is 4.74 Å². The van der Waals surface area contributed by atoms with E-state index in [9.17, 15) is 13.2 Å². The Morgan fingerprint density at radius 3 is 2.47 bits per heavy atom. The van der Waals surface area contributed by atoms with Gasteiger partial charge in [-0.15, -0.1) is 0 Å². The van der Waals surface area contributed by atoms with Gasteiger partial charge in [0.15, 0.2) is 21.0 Å². The number of hydrogen-bond acceptors (Lipinski definition) is 5. The number of amides is 1. The largest absolute Gasteiger partial charge is 0.328 e. The Balaban J connectivity index is 1.74. The van der Waals surface area contributed by atoms with Crippen LogP contribution in [0.2, 0.25) is 10.0 Å². The highest BCUT2D eigenvalue weighted by Gasteiger charge is 2.55. The zero-order valence-corrected chi connectivity index (χ0v) is 21.7. The van der Waals surface area contributed by atoms with E-state index in [-0.39, 0.29) is 18.2 Å². The van der Waals surface area contributed by atoms with Gasteiger partial charge in [-0.25, -0.2) is 8.42 Å². The van der Waals surface area contributed by atoms with Gasteiger partial charge in [-0.3, -0.25) is 14.7 Å². The quantitative estimate of drug-likeness (QED) is 0.394. The predicted molar refractivity (Wildman–Crippen MR) is 133 cm³/mol. The number of nitrogens with zero attached hydrogens (tertiary/aromatic N) is 2. The fourth-order valence-corrected chi connectivity index (χ4v) is 6.78. The van der Waals surface area contributed by atoms with Crippen LogP contribution in [0.3, 0.4) is 0 Å². The molecule has 3 aromatic rings. The number of ether oxygens (including phenoxy) is 1. The van der Waals surface area contributed by atoms with Crippen molar-refractivity contribution < 1.29 is 17.9 Å². The molecule has 0 spiro atoms. The van der Waals surface area contributed by atoms with E-state index in [2.05, 4.69) is 20.9 Å². The molecule has 1 saturated heterocycles. The number of halogens is 3. The summed E-state index contributed by atoms with van der Waals surface area (Å²) in [6, 6.07) is 15.7. The molecule has 1 fully saturated rings. The summed E-state index contributed by atoms with van der Waals surface area (Å²) < 4.78 is 33.0. The molecule has 1 aromatic heterocycles. The molecule has 2 aliphatic rings. The van der Waals surface area contributed by atoms with E-state index in [1.165, 1.54) is 11.1 Å². The van der Waals surface area contributed by atoms with Gasteiger partial charge in [0, 0.05) is 32.4 Å². The Hall–Kier alpha value is -1.97. The average Bonchev–Trinajstić information content (AvgIpc) is 3.25. The fourth-order valence-electron chi connectivity index (χ4n) is 4.53. The van der Waals surface area contributed by atoms with Crippen LogP contribution in [0.4, 0.5) is 0 Å². The Labute approximate surface area is 215 Å². The summed E-state index contributed by atoms with van der Waals surface area (Å²) in [6.07, 6.45) is 2.36. The number of carbonyl (C=O) groups excluding carboxylic acids is 1. The van der Waals surface area contributed by atoms with Crippen LogP contribution < -0.4 is 0 Å². The van der Waals surface area contributed by atoms with E-state index >= 15 is 0 Å². The first-order chi connectivity index (χ1) is 16.2. The number of aromatic nitrogens is 1. The molecule has 2 aliphatic heterocycles. The zero-order chi connectivity index (χ0) is 24.1. The summed E-state index contributed by atoms with van der Waals surface area (Å²) in [5.74, 6) is -0.243. The molecule has 2 unspecified atom stereocenters. The number of rotatable bonds is 5. The van der Waals surface area contributed by atoms with Crippen LogP contribution in [-0.4, -0.2) is 35.4 Å². The Bertz CT molecular complexity index is 1370. The number of sulfone groups is 1. The van der Waals surface area contributed by atoms with Crippen molar-refractivity contribution in [2.24, 2.45) is 0 Å². The Morgan fingerprint density at radius 1 is 1.09 bits per heavy atom. The molecule has 6 nitrogen and oxygen atoms in total. The Kier molecular flexibility index (Phi) is 6.23. The summed E-state index contributed by atoms with van der Waals surface area (Å²) in [5, 5.41) is 0.986. The molecule has 0 saturated carbocycles. The minimum Gasteiger partial charge on any atom is -0.328 e. The van der Waals surface area contributed by atoms with E-state index in [1.54, 1.807) is 48.5 Å². The first-order valence-electron chi connectivity index (χ1n) is 10.6. The fraction of sp³-hybridized carbons (Fsp3) is 0.250. The van der Waals surface area contributed by atoms with Crippen molar-refractivity contribution in [2.45, 2.75) is 30.5 Å². The summed E-state index contributed by atoms with van der Waals surface area (Å²) in [6.45, 7) is 0.0810. The molecule has 0 bridgehead atoms. The van der Waals surface area contributed by atoms with Crippen LogP contribution in [0.5, 0.6) is 0 Å². The number of hydrogen-bond donors (Lipinski definition) is 0. The molecule has 5 rings (SSSR count). The van der Waals surface area contributed by atoms with Gasteiger partial charge in [-0.05, 0) is 49.2 Å². The highest BCUT2D eigenvalue weighted by Crippen LogP contribution is 2.49. The number of fused-ring (bicyclic) bond motifs is 1. The minimum atomic E-state index is -3.49. The van der Waals surface area contributed by atoms with Crippen molar-refractivity contribution >= 4 is 54.9 Å². The second-order valence-electron chi connectivity index (χ2n) is 8.26. The second-order valence-corrected chi connectivity index (χ2v) is 12.3. The maximum Gasteiger partial charge on any atom is 0.257 e. The van der Waals surface area contributed by atoms with Crippen LogP contribution in [0.15, 0.2) is 65.3 Å². The van der Waals surface area contributed by atoms with Crippen molar-refractivity contribution in [1.82, 2.24) is 9.88 Å². The van der Waals surface area contributed by atoms with Crippen LogP contribution in [0, 0.1) is 0 Å². The lowest BCUT2D eigenvalue weighted by atomic mass is 9.93. The predicted octanol–water partition coefficient (Wildman–Crippen LogP) is 5.56. The lowest BCUT2D eigenvalue weighted by molar-refractivity contribution is -0.124. The molecule has 3 heterocycles. The molecule has 2 atom stereocenters. The van der Waals surface area contributed by atoms with E-state index in [0.29, 0.717) is 45.3 Å². The van der Waals surface area contributed by atoms with Gasteiger partial charge in [0.25, 0.3) is 5.91 Å². The number of pyridine rings is 1. The molecule has 0 aliphatic carbocycles. The van der Waals surface area contributed by atoms with Crippen molar-refractivity contribution in [3.8, 4) is 0 Å². The first-order valence-corrected chi connectivity index (χ1v) is 13.8. The minimum absolute atomic E-state index is 0.0498. The van der Waals surface area contributed by atoms with E-state index in [4.69, 9.17) is 27.9 Å². The van der Waals surface area contributed by atoms with Crippen molar-refractivity contribution in [3.05, 3.63) is 97.7 Å². The third-order valence-electron chi connectivity index (χ3n) is 6.12. The van der Waals surface area contributed by atoms with Crippen LogP contribution in [-0.2, 0) is 26.8 Å². The summed E-state index contributed by atoms with van der Waals surface area (Å²) >= 11 is 15.6. The second kappa shape index (κ2) is 8.91. The first kappa shape index (κ1) is 23.8. The normalized spacial score (nSPS) is 23.3.